The minimum Gasteiger partial charge on any atom is -0.313 e. The van der Waals surface area contributed by atoms with Crippen LogP contribution in [-0.4, -0.2) is 16.8 Å². The minimum atomic E-state index is 0.429. The van der Waals surface area contributed by atoms with Gasteiger partial charge in [0.05, 0.1) is 6.20 Å². The second-order valence-electron chi connectivity index (χ2n) is 3.60. The first-order chi connectivity index (χ1) is 6.19. The maximum atomic E-state index is 4.18. The first-order valence-corrected chi connectivity index (χ1v) is 4.84. The molecule has 0 aliphatic heterocycles. The molecule has 0 bridgehead atoms. The van der Waals surface area contributed by atoms with Crippen molar-refractivity contribution in [1.29, 1.82) is 0 Å². The van der Waals surface area contributed by atoms with Crippen LogP contribution in [0.3, 0.4) is 0 Å². The van der Waals surface area contributed by atoms with Gasteiger partial charge >= 0.3 is 0 Å². The van der Waals surface area contributed by atoms with Crippen molar-refractivity contribution in [1.82, 2.24) is 15.1 Å². The molecule has 3 heteroatoms. The number of nitrogens with zero attached hydrogens (tertiary/aromatic N) is 2. The molecule has 0 spiro atoms. The summed E-state index contributed by atoms with van der Waals surface area (Å²) < 4.78 is 1.85. The van der Waals surface area contributed by atoms with Crippen LogP contribution in [0.1, 0.15) is 31.9 Å². The molecular formula is C10H19N3. The Kier molecular flexibility index (Phi) is 3.48. The fourth-order valence-electron chi connectivity index (χ4n) is 1.62. The molecule has 2 atom stereocenters. The maximum Gasteiger partial charge on any atom is 0.0537 e. The zero-order valence-electron chi connectivity index (χ0n) is 8.91. The van der Waals surface area contributed by atoms with Crippen molar-refractivity contribution in [3.8, 4) is 0 Å². The van der Waals surface area contributed by atoms with Gasteiger partial charge in [-0.3, -0.25) is 4.68 Å². The average Bonchev–Trinajstić information content (AvgIpc) is 2.53. The fourth-order valence-corrected chi connectivity index (χ4v) is 1.62. The van der Waals surface area contributed by atoms with Crippen molar-refractivity contribution in [2.75, 3.05) is 7.05 Å². The first-order valence-electron chi connectivity index (χ1n) is 4.84. The van der Waals surface area contributed by atoms with E-state index in [0.717, 1.165) is 0 Å². The topological polar surface area (TPSA) is 29.9 Å². The van der Waals surface area contributed by atoms with Crippen LogP contribution in [-0.2, 0) is 7.05 Å². The van der Waals surface area contributed by atoms with E-state index in [1.54, 1.807) is 0 Å². The summed E-state index contributed by atoms with van der Waals surface area (Å²) in [6.45, 7) is 4.47. The van der Waals surface area contributed by atoms with Gasteiger partial charge in [0, 0.05) is 24.8 Å². The highest BCUT2D eigenvalue weighted by atomic mass is 15.2. The van der Waals surface area contributed by atoms with E-state index < -0.39 is 0 Å². The Balaban J connectivity index is 2.77. The first kappa shape index (κ1) is 10.3. The predicted molar refractivity (Wildman–Crippen MR) is 54.5 cm³/mol. The molecule has 1 N–H and O–H groups in total. The Morgan fingerprint density at radius 3 is 2.69 bits per heavy atom. The molecule has 1 heterocycles. The Bertz CT molecular complexity index is 254. The van der Waals surface area contributed by atoms with Gasteiger partial charge in [-0.05, 0) is 13.0 Å². The molecule has 1 aromatic rings. The van der Waals surface area contributed by atoms with Crippen LogP contribution in [0, 0.1) is 5.92 Å². The molecule has 1 aromatic heterocycles. The van der Waals surface area contributed by atoms with Crippen molar-refractivity contribution in [3.63, 3.8) is 0 Å². The lowest BCUT2D eigenvalue weighted by Crippen LogP contribution is -2.22. The van der Waals surface area contributed by atoms with Gasteiger partial charge in [0.2, 0.25) is 0 Å². The van der Waals surface area contributed by atoms with Crippen LogP contribution in [0.2, 0.25) is 0 Å². The van der Waals surface area contributed by atoms with E-state index in [2.05, 4.69) is 30.5 Å². The Morgan fingerprint density at radius 2 is 2.31 bits per heavy atom. The van der Waals surface area contributed by atoms with Gasteiger partial charge in [0.25, 0.3) is 0 Å². The molecule has 0 saturated heterocycles. The highest BCUT2D eigenvalue weighted by Crippen LogP contribution is 2.22. The van der Waals surface area contributed by atoms with Gasteiger partial charge in [-0.2, -0.15) is 5.10 Å². The maximum absolute atomic E-state index is 4.18. The monoisotopic (exact) mass is 181 g/mol. The number of aromatic nitrogens is 2. The van der Waals surface area contributed by atoms with E-state index in [0.29, 0.717) is 12.0 Å². The molecule has 0 aliphatic rings. The largest absolute Gasteiger partial charge is 0.313 e. The van der Waals surface area contributed by atoms with Crippen LogP contribution in [0.15, 0.2) is 12.4 Å². The molecule has 74 valence electrons. The molecule has 1 rings (SSSR count). The van der Waals surface area contributed by atoms with Crippen molar-refractivity contribution in [2.24, 2.45) is 13.0 Å². The third kappa shape index (κ3) is 2.31. The van der Waals surface area contributed by atoms with E-state index >= 15 is 0 Å². The summed E-state index contributed by atoms with van der Waals surface area (Å²) in [6.07, 6.45) is 5.20. The van der Waals surface area contributed by atoms with Gasteiger partial charge in [0.1, 0.15) is 0 Å². The Morgan fingerprint density at radius 1 is 1.62 bits per heavy atom. The SMILES string of the molecule is CCC(C)C(NC)c1cnn(C)c1. The standard InChI is InChI=1S/C10H19N3/c1-5-8(2)10(11-3)9-6-12-13(4)7-9/h6-8,10-11H,5H2,1-4H3. The smallest absolute Gasteiger partial charge is 0.0537 e. The van der Waals surface area contributed by atoms with Crippen molar-refractivity contribution in [2.45, 2.75) is 26.3 Å². The van der Waals surface area contributed by atoms with E-state index in [4.69, 9.17) is 0 Å². The second-order valence-corrected chi connectivity index (χ2v) is 3.60. The summed E-state index contributed by atoms with van der Waals surface area (Å²) in [4.78, 5) is 0. The molecule has 0 aromatic carbocycles. The molecule has 2 unspecified atom stereocenters. The molecular weight excluding hydrogens is 162 g/mol. The fraction of sp³-hybridized carbons (Fsp3) is 0.700. The van der Waals surface area contributed by atoms with Gasteiger partial charge in [-0.1, -0.05) is 20.3 Å². The number of hydrogen-bond donors (Lipinski definition) is 1. The van der Waals surface area contributed by atoms with Crippen LogP contribution in [0.4, 0.5) is 0 Å². The van der Waals surface area contributed by atoms with Gasteiger partial charge in [-0.25, -0.2) is 0 Å². The number of nitrogens with one attached hydrogen (secondary N) is 1. The average molecular weight is 181 g/mol. The zero-order chi connectivity index (χ0) is 9.84. The van der Waals surface area contributed by atoms with Crippen LogP contribution < -0.4 is 5.32 Å². The molecule has 0 aliphatic carbocycles. The van der Waals surface area contributed by atoms with E-state index in [1.807, 2.05) is 25.0 Å². The molecule has 0 saturated carbocycles. The predicted octanol–water partition coefficient (Wildman–Crippen LogP) is 1.73. The highest BCUT2D eigenvalue weighted by molar-refractivity contribution is 5.11. The molecule has 3 nitrogen and oxygen atoms in total. The summed E-state index contributed by atoms with van der Waals surface area (Å²) in [6, 6.07) is 0.429. The van der Waals surface area contributed by atoms with Crippen LogP contribution >= 0.6 is 0 Å². The summed E-state index contributed by atoms with van der Waals surface area (Å²) >= 11 is 0. The normalized spacial score (nSPS) is 15.7. The van der Waals surface area contributed by atoms with E-state index in [1.165, 1.54) is 12.0 Å². The van der Waals surface area contributed by atoms with Crippen molar-refractivity contribution < 1.29 is 0 Å². The van der Waals surface area contributed by atoms with Gasteiger partial charge < -0.3 is 5.32 Å². The lowest BCUT2D eigenvalue weighted by molar-refractivity contribution is 0.400. The van der Waals surface area contributed by atoms with Gasteiger partial charge in [-0.15, -0.1) is 0 Å². The number of hydrogen-bond acceptors (Lipinski definition) is 2. The minimum absolute atomic E-state index is 0.429. The third-order valence-electron chi connectivity index (χ3n) is 2.61. The summed E-state index contributed by atoms with van der Waals surface area (Å²) in [5.41, 5.74) is 1.28. The lowest BCUT2D eigenvalue weighted by Gasteiger charge is -2.20. The number of rotatable bonds is 4. The van der Waals surface area contributed by atoms with E-state index in [9.17, 15) is 0 Å². The van der Waals surface area contributed by atoms with Crippen LogP contribution in [0.25, 0.3) is 0 Å². The lowest BCUT2D eigenvalue weighted by atomic mass is 9.95. The highest BCUT2D eigenvalue weighted by Gasteiger charge is 2.16. The van der Waals surface area contributed by atoms with E-state index in [-0.39, 0.29) is 0 Å². The Hall–Kier alpha value is -0.830. The molecule has 0 amide bonds. The number of aryl methyl sites for hydroxylation is 1. The summed E-state index contributed by atoms with van der Waals surface area (Å²) in [5.74, 6) is 0.647. The second kappa shape index (κ2) is 4.42. The van der Waals surface area contributed by atoms with Crippen LogP contribution in [0.5, 0.6) is 0 Å². The van der Waals surface area contributed by atoms with Crippen molar-refractivity contribution in [3.05, 3.63) is 18.0 Å². The zero-order valence-corrected chi connectivity index (χ0v) is 8.91. The quantitative estimate of drug-likeness (QED) is 0.766. The Labute approximate surface area is 80.1 Å². The molecule has 0 radical (unpaired) electrons. The van der Waals surface area contributed by atoms with Gasteiger partial charge in [0.15, 0.2) is 0 Å². The summed E-state index contributed by atoms with van der Waals surface area (Å²) in [5, 5.41) is 7.51. The summed E-state index contributed by atoms with van der Waals surface area (Å²) in [7, 11) is 3.96. The molecule has 13 heavy (non-hydrogen) atoms. The molecule has 0 fully saturated rings. The third-order valence-corrected chi connectivity index (χ3v) is 2.61. The van der Waals surface area contributed by atoms with Crippen molar-refractivity contribution >= 4 is 0 Å².